The van der Waals surface area contributed by atoms with Crippen molar-refractivity contribution in [2.24, 2.45) is 0 Å². The summed E-state index contributed by atoms with van der Waals surface area (Å²) in [7, 11) is 0. The molecular weight excluding hydrogens is 428 g/mol. The molecule has 0 aliphatic rings. The van der Waals surface area contributed by atoms with Crippen LogP contribution in [0.4, 0.5) is 0 Å². The van der Waals surface area contributed by atoms with Crippen molar-refractivity contribution < 1.29 is 34.2 Å². The molecular formula is C24H42N2O7. The minimum Gasteiger partial charge on any atom is -0.480 e. The van der Waals surface area contributed by atoms with Crippen LogP contribution >= 0.6 is 0 Å². The van der Waals surface area contributed by atoms with Gasteiger partial charge in [-0.2, -0.15) is 0 Å². The van der Waals surface area contributed by atoms with Crippen molar-refractivity contribution in [3.05, 3.63) is 0 Å². The van der Waals surface area contributed by atoms with Gasteiger partial charge in [0.05, 0.1) is 0 Å². The number of carboxylic acids is 2. The van der Waals surface area contributed by atoms with Crippen LogP contribution in [0.5, 0.6) is 0 Å². The maximum Gasteiger partial charge on any atom is 0.326 e. The van der Waals surface area contributed by atoms with Crippen LogP contribution in [0.1, 0.15) is 110 Å². The molecule has 9 heteroatoms. The average molecular weight is 471 g/mol. The summed E-state index contributed by atoms with van der Waals surface area (Å²) in [6, 6.07) is -2.42. The van der Waals surface area contributed by atoms with E-state index in [1.807, 2.05) is 0 Å². The molecule has 0 rings (SSSR count). The lowest BCUT2D eigenvalue weighted by molar-refractivity contribution is -0.143. The molecule has 0 aliphatic carbocycles. The van der Waals surface area contributed by atoms with Crippen molar-refractivity contribution in [1.82, 2.24) is 10.6 Å². The van der Waals surface area contributed by atoms with Gasteiger partial charge in [-0.1, -0.05) is 71.1 Å². The van der Waals surface area contributed by atoms with Gasteiger partial charge < -0.3 is 25.6 Å². The largest absolute Gasteiger partial charge is 0.480 e. The molecule has 9 nitrogen and oxygen atoms in total. The monoisotopic (exact) mass is 470 g/mol. The van der Waals surface area contributed by atoms with Crippen LogP contribution in [0.2, 0.25) is 0 Å². The number of aldehydes is 1. The van der Waals surface area contributed by atoms with E-state index in [-0.39, 0.29) is 38.0 Å². The minimum atomic E-state index is -1.26. The molecule has 0 spiro atoms. The Hall–Kier alpha value is -2.45. The Kier molecular flexibility index (Phi) is 18.7. The number of carbonyl (C=O) groups excluding carboxylic acids is 3. The van der Waals surface area contributed by atoms with Crippen LogP contribution in [-0.2, 0) is 24.0 Å². The molecule has 4 N–H and O–H groups in total. The van der Waals surface area contributed by atoms with E-state index in [1.165, 1.54) is 44.9 Å². The first-order valence-electron chi connectivity index (χ1n) is 12.3. The van der Waals surface area contributed by atoms with Crippen LogP contribution in [0, 0.1) is 0 Å². The van der Waals surface area contributed by atoms with Gasteiger partial charge in [-0.05, 0) is 19.3 Å². The van der Waals surface area contributed by atoms with Crippen molar-refractivity contribution in [3.8, 4) is 0 Å². The molecule has 33 heavy (non-hydrogen) atoms. The van der Waals surface area contributed by atoms with Crippen molar-refractivity contribution in [3.63, 3.8) is 0 Å². The van der Waals surface area contributed by atoms with Gasteiger partial charge in [0.1, 0.15) is 18.4 Å². The zero-order valence-corrected chi connectivity index (χ0v) is 20.0. The number of aliphatic carboxylic acids is 2. The molecule has 2 amide bonds. The number of hydrogen-bond acceptors (Lipinski definition) is 5. The lowest BCUT2D eigenvalue weighted by Gasteiger charge is -2.16. The van der Waals surface area contributed by atoms with E-state index in [0.717, 1.165) is 19.3 Å². The highest BCUT2D eigenvalue weighted by atomic mass is 16.4. The SMILES string of the molecule is CCCCCCCCCCCCCC(=O)N[C@@H](CCC(=O)N[C@@H](CCC=O)C(=O)O)C(=O)O. The predicted octanol–water partition coefficient (Wildman–Crippen LogP) is 3.59. The van der Waals surface area contributed by atoms with E-state index in [0.29, 0.717) is 12.7 Å². The first-order valence-corrected chi connectivity index (χ1v) is 12.3. The van der Waals surface area contributed by atoms with E-state index >= 15 is 0 Å². The number of nitrogens with one attached hydrogen (secondary N) is 2. The Labute approximate surface area is 197 Å². The van der Waals surface area contributed by atoms with Gasteiger partial charge in [0.25, 0.3) is 0 Å². The standard InChI is InChI=1S/C24H42N2O7/c1-2-3-4-5-6-7-8-9-10-11-12-15-21(28)26-20(24(32)33)16-17-22(29)25-19(23(30)31)14-13-18-27/h18-20H,2-17H2,1H3,(H,25,29)(H,26,28)(H,30,31)(H,32,33)/t19-,20-/m0/s1. The molecule has 0 heterocycles. The summed E-state index contributed by atoms with van der Waals surface area (Å²) in [5.41, 5.74) is 0. The quantitative estimate of drug-likeness (QED) is 0.139. The molecule has 190 valence electrons. The Morgan fingerprint density at radius 3 is 1.55 bits per heavy atom. The minimum absolute atomic E-state index is 0.00982. The lowest BCUT2D eigenvalue weighted by Crippen LogP contribution is -2.43. The first kappa shape index (κ1) is 30.6. The molecule has 0 unspecified atom stereocenters. The number of carboxylic acid groups (broad SMARTS) is 2. The molecule has 0 saturated heterocycles. The number of carbonyl (C=O) groups is 5. The average Bonchev–Trinajstić information content (AvgIpc) is 2.77. The molecule has 0 aromatic heterocycles. The summed E-state index contributed by atoms with van der Waals surface area (Å²) in [5.74, 6) is -3.52. The van der Waals surface area contributed by atoms with Crippen molar-refractivity contribution >= 4 is 30.0 Å². The van der Waals surface area contributed by atoms with Gasteiger partial charge in [0.15, 0.2) is 0 Å². The van der Waals surface area contributed by atoms with E-state index in [9.17, 15) is 29.1 Å². The normalized spacial score (nSPS) is 12.5. The van der Waals surface area contributed by atoms with E-state index < -0.39 is 29.9 Å². The molecule has 0 aromatic carbocycles. The molecule has 2 atom stereocenters. The van der Waals surface area contributed by atoms with Crippen LogP contribution in [0.15, 0.2) is 0 Å². The summed E-state index contributed by atoms with van der Waals surface area (Å²) < 4.78 is 0. The van der Waals surface area contributed by atoms with Crippen molar-refractivity contribution in [1.29, 1.82) is 0 Å². The molecule has 0 aromatic rings. The second-order valence-corrected chi connectivity index (χ2v) is 8.48. The highest BCUT2D eigenvalue weighted by Gasteiger charge is 2.23. The van der Waals surface area contributed by atoms with Gasteiger partial charge in [-0.3, -0.25) is 9.59 Å². The predicted molar refractivity (Wildman–Crippen MR) is 125 cm³/mol. The first-order chi connectivity index (χ1) is 15.8. The van der Waals surface area contributed by atoms with E-state index in [4.69, 9.17) is 5.11 Å². The highest BCUT2D eigenvalue weighted by molar-refractivity contribution is 5.86. The summed E-state index contributed by atoms with van der Waals surface area (Å²) in [5, 5.41) is 23.1. The number of rotatable bonds is 22. The molecule has 0 aliphatic heterocycles. The second-order valence-electron chi connectivity index (χ2n) is 8.48. The number of unbranched alkanes of at least 4 members (excludes halogenated alkanes) is 10. The van der Waals surface area contributed by atoms with Crippen LogP contribution in [0.3, 0.4) is 0 Å². The summed E-state index contributed by atoms with van der Waals surface area (Å²) in [4.78, 5) is 56.9. The van der Waals surface area contributed by atoms with Gasteiger partial charge >= 0.3 is 11.9 Å². The Bertz CT molecular complexity index is 595. The summed E-state index contributed by atoms with van der Waals surface area (Å²) >= 11 is 0. The zero-order chi connectivity index (χ0) is 24.9. The third-order valence-corrected chi connectivity index (χ3v) is 5.51. The van der Waals surface area contributed by atoms with E-state index in [2.05, 4.69) is 17.6 Å². The fraction of sp³-hybridized carbons (Fsp3) is 0.792. The molecule has 0 bridgehead atoms. The van der Waals surface area contributed by atoms with Crippen LogP contribution in [0.25, 0.3) is 0 Å². The maximum atomic E-state index is 12.1. The van der Waals surface area contributed by atoms with Gasteiger partial charge in [0, 0.05) is 19.3 Å². The topological polar surface area (TPSA) is 150 Å². The second kappa shape index (κ2) is 20.2. The van der Waals surface area contributed by atoms with Gasteiger partial charge in [0.2, 0.25) is 11.8 Å². The fourth-order valence-corrected chi connectivity index (χ4v) is 3.51. The molecule has 0 radical (unpaired) electrons. The Morgan fingerprint density at radius 1 is 0.667 bits per heavy atom. The molecule has 0 fully saturated rings. The third-order valence-electron chi connectivity index (χ3n) is 5.51. The number of amides is 2. The smallest absolute Gasteiger partial charge is 0.326 e. The maximum absolute atomic E-state index is 12.1. The molecule has 0 saturated carbocycles. The Morgan fingerprint density at radius 2 is 1.09 bits per heavy atom. The van der Waals surface area contributed by atoms with Crippen LogP contribution < -0.4 is 10.6 Å². The van der Waals surface area contributed by atoms with Crippen LogP contribution in [-0.4, -0.2) is 52.3 Å². The Balaban J connectivity index is 4.05. The van der Waals surface area contributed by atoms with E-state index in [1.54, 1.807) is 0 Å². The highest BCUT2D eigenvalue weighted by Crippen LogP contribution is 2.12. The summed E-state index contributed by atoms with van der Waals surface area (Å²) in [6.07, 6.45) is 13.1. The van der Waals surface area contributed by atoms with Gasteiger partial charge in [-0.25, -0.2) is 9.59 Å². The van der Waals surface area contributed by atoms with Crippen molar-refractivity contribution in [2.75, 3.05) is 0 Å². The fourth-order valence-electron chi connectivity index (χ4n) is 3.51. The zero-order valence-electron chi connectivity index (χ0n) is 20.0. The summed E-state index contributed by atoms with van der Waals surface area (Å²) in [6.45, 7) is 2.21. The van der Waals surface area contributed by atoms with Crippen molar-refractivity contribution in [2.45, 2.75) is 122 Å². The number of hydrogen-bond donors (Lipinski definition) is 4. The third kappa shape index (κ3) is 17.7. The van der Waals surface area contributed by atoms with Gasteiger partial charge in [-0.15, -0.1) is 0 Å². The lowest BCUT2D eigenvalue weighted by atomic mass is 10.0.